The van der Waals surface area contributed by atoms with Gasteiger partial charge in [0.15, 0.2) is 5.03 Å². The fourth-order valence-electron chi connectivity index (χ4n) is 3.59. The first-order valence-corrected chi connectivity index (χ1v) is 9.33. The molecule has 1 N–H and O–H groups in total. The molecule has 0 saturated carbocycles. The average molecular weight is 347 g/mol. The van der Waals surface area contributed by atoms with E-state index in [4.69, 9.17) is 0 Å². The predicted molar refractivity (Wildman–Crippen MR) is 86.5 cm³/mol. The molecule has 8 heteroatoms. The number of anilines is 1. The molecule has 0 aliphatic carbocycles. The maximum atomic E-state index is 13.2. The van der Waals surface area contributed by atoms with Gasteiger partial charge in [-0.15, -0.1) is 0 Å². The van der Waals surface area contributed by atoms with E-state index in [0.717, 1.165) is 18.7 Å². The Hall–Kier alpha value is -2.35. The van der Waals surface area contributed by atoms with Gasteiger partial charge in [0.1, 0.15) is 5.82 Å². The van der Waals surface area contributed by atoms with E-state index in [1.165, 1.54) is 10.5 Å². The summed E-state index contributed by atoms with van der Waals surface area (Å²) in [7, 11) is -3.77. The van der Waals surface area contributed by atoms with Crippen molar-refractivity contribution in [3.8, 4) is 0 Å². The third kappa shape index (κ3) is 2.13. The molecular weight excluding hydrogens is 330 g/mol. The summed E-state index contributed by atoms with van der Waals surface area (Å²) in [4.78, 5) is 15.7. The number of aromatic nitrogens is 2. The first-order chi connectivity index (χ1) is 11.5. The minimum Gasteiger partial charge on any atom is -0.481 e. The van der Waals surface area contributed by atoms with Crippen molar-refractivity contribution in [1.82, 2.24) is 9.55 Å². The summed E-state index contributed by atoms with van der Waals surface area (Å²) in [5.74, 6) is -0.809. The smallest absolute Gasteiger partial charge is 0.311 e. The molecule has 0 radical (unpaired) electrons. The molecule has 0 saturated heterocycles. The van der Waals surface area contributed by atoms with Gasteiger partial charge in [-0.1, -0.05) is 18.2 Å². The molecule has 0 bridgehead atoms. The van der Waals surface area contributed by atoms with Crippen LogP contribution in [-0.2, 0) is 27.8 Å². The average Bonchev–Trinajstić information content (AvgIpc) is 3.16. The largest absolute Gasteiger partial charge is 0.481 e. The maximum absolute atomic E-state index is 13.2. The van der Waals surface area contributed by atoms with E-state index in [1.54, 1.807) is 28.8 Å². The van der Waals surface area contributed by atoms with Crippen LogP contribution in [-0.4, -0.2) is 35.6 Å². The lowest BCUT2D eigenvalue weighted by atomic mass is 9.91. The Bertz CT molecular complexity index is 919. The number of carbonyl (C=O) groups is 1. The Labute approximate surface area is 139 Å². The Morgan fingerprint density at radius 3 is 2.83 bits per heavy atom. The molecule has 126 valence electrons. The predicted octanol–water partition coefficient (Wildman–Crippen LogP) is 1.60. The fraction of sp³-hybridized carbons (Fsp3) is 0.375. The van der Waals surface area contributed by atoms with Gasteiger partial charge in [0.05, 0.1) is 17.8 Å². The van der Waals surface area contributed by atoms with E-state index in [0.29, 0.717) is 17.8 Å². The number of benzene rings is 1. The molecule has 2 aliphatic rings. The van der Waals surface area contributed by atoms with Gasteiger partial charge in [-0.25, -0.2) is 4.98 Å². The summed E-state index contributed by atoms with van der Waals surface area (Å²) in [6.45, 7) is 0.800. The summed E-state index contributed by atoms with van der Waals surface area (Å²) in [5, 5.41) is 9.60. The Morgan fingerprint density at radius 2 is 2.04 bits per heavy atom. The quantitative estimate of drug-likeness (QED) is 0.910. The highest BCUT2D eigenvalue weighted by atomic mass is 32.2. The number of nitrogens with zero attached hydrogens (tertiary/aromatic N) is 3. The second kappa shape index (κ2) is 5.34. The van der Waals surface area contributed by atoms with Crippen LogP contribution in [0.1, 0.15) is 30.1 Å². The second-order valence-corrected chi connectivity index (χ2v) is 7.89. The van der Waals surface area contributed by atoms with Crippen LogP contribution < -0.4 is 4.31 Å². The van der Waals surface area contributed by atoms with Gasteiger partial charge in [0, 0.05) is 19.5 Å². The number of fused-ring (bicyclic) bond motifs is 2. The van der Waals surface area contributed by atoms with Crippen LogP contribution in [0.3, 0.4) is 0 Å². The van der Waals surface area contributed by atoms with Crippen LogP contribution in [0.15, 0.2) is 35.5 Å². The van der Waals surface area contributed by atoms with Gasteiger partial charge in [0.25, 0.3) is 10.0 Å². The van der Waals surface area contributed by atoms with Crippen LogP contribution in [0.2, 0.25) is 0 Å². The molecule has 1 aromatic heterocycles. The van der Waals surface area contributed by atoms with Gasteiger partial charge in [0.2, 0.25) is 0 Å². The lowest BCUT2D eigenvalue weighted by Crippen LogP contribution is -2.38. The van der Waals surface area contributed by atoms with E-state index in [9.17, 15) is 18.3 Å². The second-order valence-electron chi connectivity index (χ2n) is 6.08. The summed E-state index contributed by atoms with van der Waals surface area (Å²) in [6.07, 6.45) is 3.35. The third-order valence-electron chi connectivity index (χ3n) is 4.74. The Kier molecular flexibility index (Phi) is 3.38. The normalized spacial score (nSPS) is 19.8. The summed E-state index contributed by atoms with van der Waals surface area (Å²) >= 11 is 0. The summed E-state index contributed by atoms with van der Waals surface area (Å²) in [6, 6.07) is 6.83. The summed E-state index contributed by atoms with van der Waals surface area (Å²) in [5.41, 5.74) is 0.991. The third-order valence-corrected chi connectivity index (χ3v) is 6.55. The molecule has 3 heterocycles. The first kappa shape index (κ1) is 15.2. The van der Waals surface area contributed by atoms with Gasteiger partial charge in [-0.2, -0.15) is 8.42 Å². The molecule has 2 aromatic rings. The van der Waals surface area contributed by atoms with E-state index >= 15 is 0 Å². The fourth-order valence-corrected chi connectivity index (χ4v) is 5.24. The van der Waals surface area contributed by atoms with Crippen LogP contribution in [0, 0.1) is 0 Å². The van der Waals surface area contributed by atoms with Crippen LogP contribution >= 0.6 is 0 Å². The zero-order chi connectivity index (χ0) is 16.9. The van der Waals surface area contributed by atoms with E-state index < -0.39 is 21.9 Å². The molecule has 1 aromatic carbocycles. The van der Waals surface area contributed by atoms with Crippen LogP contribution in [0.5, 0.6) is 0 Å². The first-order valence-electron chi connectivity index (χ1n) is 7.89. The van der Waals surface area contributed by atoms with Crippen LogP contribution in [0.25, 0.3) is 0 Å². The SMILES string of the molecule is O=C(O)C1CCN(S(=O)(=O)c2cnc3n2CCC3)c2ccccc21. The molecule has 7 nitrogen and oxygen atoms in total. The zero-order valence-corrected chi connectivity index (χ0v) is 13.7. The molecule has 2 aliphatic heterocycles. The van der Waals surface area contributed by atoms with Crippen molar-refractivity contribution in [2.75, 3.05) is 10.8 Å². The highest BCUT2D eigenvalue weighted by Crippen LogP contribution is 2.38. The van der Waals surface area contributed by atoms with Gasteiger partial charge < -0.3 is 9.67 Å². The highest BCUT2D eigenvalue weighted by molar-refractivity contribution is 7.92. The van der Waals surface area contributed by atoms with Crippen molar-refractivity contribution in [3.05, 3.63) is 41.9 Å². The lowest BCUT2D eigenvalue weighted by Gasteiger charge is -2.33. The molecule has 4 rings (SSSR count). The number of hydrogen-bond acceptors (Lipinski definition) is 4. The maximum Gasteiger partial charge on any atom is 0.311 e. The standard InChI is InChI=1S/C16H17N3O4S/c20-16(21)12-7-9-19(13-5-2-1-4-11(12)13)24(22,23)15-10-17-14-6-3-8-18(14)15/h1-2,4-5,10,12H,3,6-9H2,(H,20,21). The molecule has 1 atom stereocenters. The van der Waals surface area contributed by atoms with Gasteiger partial charge in [-0.05, 0) is 24.5 Å². The molecule has 1 unspecified atom stereocenters. The minimum absolute atomic E-state index is 0.150. The number of aryl methyl sites for hydroxylation is 1. The van der Waals surface area contributed by atoms with Crippen molar-refractivity contribution in [1.29, 1.82) is 0 Å². The van der Waals surface area contributed by atoms with Crippen molar-refractivity contribution < 1.29 is 18.3 Å². The topological polar surface area (TPSA) is 92.5 Å². The number of para-hydroxylation sites is 1. The Balaban J connectivity index is 1.81. The Morgan fingerprint density at radius 1 is 1.25 bits per heavy atom. The summed E-state index contributed by atoms with van der Waals surface area (Å²) < 4.78 is 29.4. The zero-order valence-electron chi connectivity index (χ0n) is 12.9. The van der Waals surface area contributed by atoms with E-state index in [2.05, 4.69) is 4.98 Å². The number of carboxylic acids is 1. The lowest BCUT2D eigenvalue weighted by molar-refractivity contribution is -0.139. The van der Waals surface area contributed by atoms with E-state index in [-0.39, 0.29) is 18.0 Å². The molecular formula is C16H17N3O4S. The number of sulfonamides is 1. The monoisotopic (exact) mass is 347 g/mol. The number of carboxylic acid groups (broad SMARTS) is 1. The molecule has 24 heavy (non-hydrogen) atoms. The van der Waals surface area contributed by atoms with Crippen molar-refractivity contribution >= 4 is 21.7 Å². The molecule has 0 spiro atoms. The van der Waals surface area contributed by atoms with Crippen LogP contribution in [0.4, 0.5) is 5.69 Å². The van der Waals surface area contributed by atoms with Gasteiger partial charge in [-0.3, -0.25) is 9.10 Å². The van der Waals surface area contributed by atoms with Crippen molar-refractivity contribution in [3.63, 3.8) is 0 Å². The van der Waals surface area contributed by atoms with E-state index in [1.807, 2.05) is 0 Å². The van der Waals surface area contributed by atoms with Gasteiger partial charge >= 0.3 is 5.97 Å². The number of hydrogen-bond donors (Lipinski definition) is 1. The highest BCUT2D eigenvalue weighted by Gasteiger charge is 2.37. The van der Waals surface area contributed by atoms with Crippen molar-refractivity contribution in [2.24, 2.45) is 0 Å². The van der Waals surface area contributed by atoms with Crippen molar-refractivity contribution in [2.45, 2.75) is 36.8 Å². The molecule has 0 amide bonds. The number of imidazole rings is 1. The number of aliphatic carboxylic acids is 1. The minimum atomic E-state index is -3.77. The molecule has 0 fully saturated rings. The number of rotatable bonds is 3.